The zero-order valence-corrected chi connectivity index (χ0v) is 31.8. The molecule has 1 aromatic heterocycles. The average molecular weight is 691 g/mol. The third-order valence-corrected chi connectivity index (χ3v) is 13.1. The number of rotatable bonds is 1. The minimum absolute atomic E-state index is 0.0472. The molecular weight excluding hydrogens is 650 g/mol. The first-order valence-electron chi connectivity index (χ1n) is 19.6. The van der Waals surface area contributed by atoms with Crippen molar-refractivity contribution in [2.45, 2.75) is 52.4 Å². The molecule has 0 bridgehead atoms. The van der Waals surface area contributed by atoms with Gasteiger partial charge in [-0.1, -0.05) is 137 Å². The van der Waals surface area contributed by atoms with Gasteiger partial charge in [-0.3, -0.25) is 0 Å². The summed E-state index contributed by atoms with van der Waals surface area (Å²) < 4.78 is 2.58. The molecule has 0 fully saturated rings. The van der Waals surface area contributed by atoms with Crippen molar-refractivity contribution < 1.29 is 0 Å². The second-order valence-electron chi connectivity index (χ2n) is 18.1. The van der Waals surface area contributed by atoms with Crippen LogP contribution in [0.3, 0.4) is 0 Å². The van der Waals surface area contributed by atoms with E-state index in [0.29, 0.717) is 0 Å². The maximum absolute atomic E-state index is 2.63. The van der Waals surface area contributed by atoms with E-state index in [-0.39, 0.29) is 24.3 Å². The molecule has 0 saturated heterocycles. The monoisotopic (exact) mass is 690 g/mol. The van der Waals surface area contributed by atoms with Crippen LogP contribution in [0.15, 0.2) is 133 Å². The summed E-state index contributed by atoms with van der Waals surface area (Å²) in [5, 5.41) is 2.66. The van der Waals surface area contributed by atoms with Crippen LogP contribution >= 0.6 is 0 Å². The van der Waals surface area contributed by atoms with Crippen LogP contribution in [-0.2, 0) is 10.8 Å². The Morgan fingerprint density at radius 1 is 0.426 bits per heavy atom. The summed E-state index contributed by atoms with van der Waals surface area (Å²) in [7, 11) is 0. The van der Waals surface area contributed by atoms with E-state index in [4.69, 9.17) is 0 Å². The van der Waals surface area contributed by atoms with Crippen LogP contribution in [-0.4, -0.2) is 18.0 Å². The van der Waals surface area contributed by atoms with Gasteiger partial charge >= 0.3 is 0 Å². The lowest BCUT2D eigenvalue weighted by molar-refractivity contribution is 0.590. The van der Waals surface area contributed by atoms with Crippen molar-refractivity contribution in [2.24, 2.45) is 0 Å². The van der Waals surface area contributed by atoms with Gasteiger partial charge in [-0.15, -0.1) is 0 Å². The van der Waals surface area contributed by atoms with E-state index in [0.717, 1.165) is 0 Å². The fourth-order valence-corrected chi connectivity index (χ4v) is 10.6. The van der Waals surface area contributed by atoms with E-state index in [1.807, 2.05) is 0 Å². The quantitative estimate of drug-likeness (QED) is 0.157. The fraction of sp³-hybridized carbons (Fsp3) is 0.160. The van der Waals surface area contributed by atoms with Gasteiger partial charge in [-0.25, -0.2) is 0 Å². The SMILES string of the molecule is CC(C)(C)c1ccc2c(c1)c1cc(C(C)(C)C)ccc1n2-c1cc2c3c(c1)B1c4ccccc4-c4cccc(c41)N3c1cccc3c1B2c1ccccc1-3. The van der Waals surface area contributed by atoms with Gasteiger partial charge in [0.15, 0.2) is 0 Å². The zero-order chi connectivity index (χ0) is 36.4. The summed E-state index contributed by atoms with van der Waals surface area (Å²) in [4.78, 5) is 2.63. The van der Waals surface area contributed by atoms with Crippen LogP contribution in [0.1, 0.15) is 52.7 Å². The molecule has 54 heavy (non-hydrogen) atoms. The number of aromatic nitrogens is 1. The molecule has 0 amide bonds. The van der Waals surface area contributed by atoms with Crippen LogP contribution in [0.25, 0.3) is 49.7 Å². The number of fused-ring (bicyclic) bond motifs is 13. The second-order valence-corrected chi connectivity index (χ2v) is 18.1. The highest BCUT2D eigenvalue weighted by Gasteiger charge is 2.49. The molecule has 0 aliphatic carbocycles. The van der Waals surface area contributed by atoms with Crippen LogP contribution in [0.4, 0.5) is 17.1 Å². The van der Waals surface area contributed by atoms with Gasteiger partial charge in [-0.05, 0) is 115 Å². The number of benzene rings is 7. The minimum Gasteiger partial charge on any atom is -0.312 e. The molecule has 4 aliphatic rings. The molecule has 0 spiro atoms. The molecule has 256 valence electrons. The fourth-order valence-electron chi connectivity index (χ4n) is 10.6. The van der Waals surface area contributed by atoms with Crippen molar-refractivity contribution in [3.8, 4) is 27.9 Å². The Kier molecular flexibility index (Phi) is 5.72. The summed E-state index contributed by atoms with van der Waals surface area (Å²) >= 11 is 0. The Hall–Kier alpha value is -5.73. The summed E-state index contributed by atoms with van der Waals surface area (Å²) in [6, 6.07) is 51.8. The third-order valence-electron chi connectivity index (χ3n) is 13.1. The average Bonchev–Trinajstić information content (AvgIpc) is 3.81. The second kappa shape index (κ2) is 10.1. The topological polar surface area (TPSA) is 8.17 Å². The zero-order valence-electron chi connectivity index (χ0n) is 31.8. The Bertz CT molecular complexity index is 2790. The predicted octanol–water partition coefficient (Wildman–Crippen LogP) is 8.47. The van der Waals surface area contributed by atoms with E-state index in [2.05, 4.69) is 184 Å². The molecule has 12 rings (SSSR count). The maximum Gasteiger partial charge on any atom is 0.248 e. The van der Waals surface area contributed by atoms with Crippen molar-refractivity contribution in [3.05, 3.63) is 145 Å². The van der Waals surface area contributed by atoms with E-state index in [9.17, 15) is 0 Å². The Morgan fingerprint density at radius 3 is 1.33 bits per heavy atom. The van der Waals surface area contributed by atoms with E-state index >= 15 is 0 Å². The largest absolute Gasteiger partial charge is 0.312 e. The molecule has 0 radical (unpaired) electrons. The molecule has 0 N–H and O–H groups in total. The van der Waals surface area contributed by atoms with Gasteiger partial charge in [0.1, 0.15) is 0 Å². The molecule has 0 atom stereocenters. The molecule has 8 aromatic rings. The van der Waals surface area contributed by atoms with Crippen LogP contribution in [0, 0.1) is 0 Å². The standard InChI is InChI=1S/C50H40B2N2/c1-49(2,3)29-21-23-42-36(25-29)37-26-30(50(4,5)6)22-24-43(37)53(42)31-27-40-48-41(28-31)52-39-18-10-8-14-33(39)35-16-12-20-45(47(35)52)54(48)44-19-11-15-34-32-13-7-9-17-38(32)51(40)46(34)44/h7-28H,1-6H3. The Morgan fingerprint density at radius 2 is 0.870 bits per heavy atom. The Labute approximate surface area is 318 Å². The van der Waals surface area contributed by atoms with Crippen molar-refractivity contribution in [1.29, 1.82) is 0 Å². The molecule has 0 saturated carbocycles. The lowest BCUT2D eigenvalue weighted by atomic mass is 9.32. The summed E-state index contributed by atoms with van der Waals surface area (Å²) in [6.45, 7) is 14.3. The lowest BCUT2D eigenvalue weighted by Crippen LogP contribution is -2.63. The van der Waals surface area contributed by atoms with Crippen molar-refractivity contribution >= 4 is 85.1 Å². The predicted molar refractivity (Wildman–Crippen MR) is 233 cm³/mol. The van der Waals surface area contributed by atoms with Crippen LogP contribution in [0.2, 0.25) is 0 Å². The molecule has 0 unspecified atom stereocenters. The number of hydrogen-bond donors (Lipinski definition) is 0. The van der Waals surface area contributed by atoms with Crippen molar-refractivity contribution in [1.82, 2.24) is 4.57 Å². The number of hydrogen-bond acceptors (Lipinski definition) is 1. The maximum atomic E-state index is 2.63. The summed E-state index contributed by atoms with van der Waals surface area (Å²) in [6.07, 6.45) is 0. The van der Waals surface area contributed by atoms with Crippen LogP contribution < -0.4 is 37.7 Å². The van der Waals surface area contributed by atoms with Gasteiger partial charge in [-0.2, -0.15) is 0 Å². The van der Waals surface area contributed by atoms with E-state index in [1.165, 1.54) is 111 Å². The van der Waals surface area contributed by atoms with Gasteiger partial charge < -0.3 is 9.47 Å². The van der Waals surface area contributed by atoms with E-state index < -0.39 is 0 Å². The summed E-state index contributed by atoms with van der Waals surface area (Å²) in [5.74, 6) is 0. The van der Waals surface area contributed by atoms with Gasteiger partial charge in [0.05, 0.1) is 11.0 Å². The van der Waals surface area contributed by atoms with Gasteiger partial charge in [0.2, 0.25) is 13.4 Å². The first-order valence-corrected chi connectivity index (χ1v) is 19.6. The van der Waals surface area contributed by atoms with Gasteiger partial charge in [0, 0.05) is 33.5 Å². The highest BCUT2D eigenvalue weighted by atomic mass is 15.2. The first-order chi connectivity index (χ1) is 26.1. The molecule has 5 heterocycles. The number of anilines is 3. The molecular formula is C50H40B2N2. The highest BCUT2D eigenvalue weighted by molar-refractivity contribution is 7.05. The van der Waals surface area contributed by atoms with E-state index in [1.54, 1.807) is 0 Å². The first kappa shape index (κ1) is 30.7. The lowest BCUT2D eigenvalue weighted by Gasteiger charge is -2.43. The van der Waals surface area contributed by atoms with Crippen molar-refractivity contribution in [3.63, 3.8) is 0 Å². The normalized spacial score (nSPS) is 14.4. The van der Waals surface area contributed by atoms with Gasteiger partial charge in [0.25, 0.3) is 0 Å². The third kappa shape index (κ3) is 3.79. The molecule has 4 heteroatoms. The molecule has 7 aromatic carbocycles. The minimum atomic E-state index is 0.0472. The molecule has 4 aliphatic heterocycles. The summed E-state index contributed by atoms with van der Waals surface area (Å²) in [5.41, 5.74) is 24.6. The highest BCUT2D eigenvalue weighted by Crippen LogP contribution is 2.45. The number of nitrogens with zero attached hydrogens (tertiary/aromatic N) is 2. The van der Waals surface area contributed by atoms with Crippen molar-refractivity contribution in [2.75, 3.05) is 4.90 Å². The Balaban J connectivity index is 1.23. The molecule has 2 nitrogen and oxygen atoms in total. The van der Waals surface area contributed by atoms with Crippen LogP contribution in [0.5, 0.6) is 0 Å². The smallest absolute Gasteiger partial charge is 0.248 e.